The van der Waals surface area contributed by atoms with Crippen molar-refractivity contribution in [2.75, 3.05) is 7.11 Å². The molecule has 1 atom stereocenters. The van der Waals surface area contributed by atoms with Crippen molar-refractivity contribution in [3.05, 3.63) is 23.0 Å². The van der Waals surface area contributed by atoms with Crippen molar-refractivity contribution in [3.63, 3.8) is 0 Å². The van der Waals surface area contributed by atoms with Gasteiger partial charge in [-0.2, -0.15) is 10.2 Å². The van der Waals surface area contributed by atoms with Crippen LogP contribution >= 0.6 is 0 Å². The third kappa shape index (κ3) is 3.40. The predicted molar refractivity (Wildman–Crippen MR) is 95.0 cm³/mol. The molecule has 0 radical (unpaired) electrons. The van der Waals surface area contributed by atoms with Crippen molar-refractivity contribution < 1.29 is 13.2 Å². The lowest BCUT2D eigenvalue weighted by atomic mass is 10.1. The highest BCUT2D eigenvalue weighted by Crippen LogP contribution is 2.28. The first kappa shape index (κ1) is 19.0. The van der Waals surface area contributed by atoms with Gasteiger partial charge in [-0.15, -0.1) is 0 Å². The second-order valence-electron chi connectivity index (χ2n) is 6.41. The standard InChI is InChI=1S/C16H26N6O3S/c1-5-11-15(13(6-2)21(3)18-11)26(23,24)20-12-8-7-9-22-16(12)17-14(19-22)10-25-4/h12,20H,5-10H2,1-4H3/t12-/m1/s1. The first-order valence-corrected chi connectivity index (χ1v) is 10.4. The Kier molecular flexibility index (Phi) is 5.44. The maximum Gasteiger partial charge on any atom is 0.244 e. The monoisotopic (exact) mass is 382 g/mol. The van der Waals surface area contributed by atoms with Gasteiger partial charge in [0.15, 0.2) is 5.82 Å². The Morgan fingerprint density at radius 2 is 2.04 bits per heavy atom. The highest BCUT2D eigenvalue weighted by atomic mass is 32.2. The molecule has 3 rings (SSSR count). The van der Waals surface area contributed by atoms with Gasteiger partial charge in [-0.05, 0) is 25.7 Å². The number of methoxy groups -OCH3 is 1. The van der Waals surface area contributed by atoms with Crippen LogP contribution in [0.1, 0.15) is 55.8 Å². The summed E-state index contributed by atoms with van der Waals surface area (Å²) in [5.41, 5.74) is 1.31. The molecule has 0 fully saturated rings. The zero-order valence-corrected chi connectivity index (χ0v) is 16.5. The van der Waals surface area contributed by atoms with Crippen molar-refractivity contribution in [1.29, 1.82) is 0 Å². The summed E-state index contributed by atoms with van der Waals surface area (Å²) in [6.45, 7) is 4.89. The summed E-state index contributed by atoms with van der Waals surface area (Å²) < 4.78 is 37.7. The molecule has 0 unspecified atom stereocenters. The van der Waals surface area contributed by atoms with E-state index >= 15 is 0 Å². The van der Waals surface area contributed by atoms with Crippen LogP contribution in [0.15, 0.2) is 4.90 Å². The van der Waals surface area contributed by atoms with Gasteiger partial charge in [-0.1, -0.05) is 13.8 Å². The number of sulfonamides is 1. The maximum atomic E-state index is 13.2. The summed E-state index contributed by atoms with van der Waals surface area (Å²) >= 11 is 0. The quantitative estimate of drug-likeness (QED) is 0.769. The van der Waals surface area contributed by atoms with E-state index in [1.165, 1.54) is 0 Å². The number of nitrogens with one attached hydrogen (secondary N) is 1. The van der Waals surface area contributed by atoms with Gasteiger partial charge >= 0.3 is 0 Å². The molecular formula is C16H26N6O3S. The maximum absolute atomic E-state index is 13.2. The Morgan fingerprint density at radius 3 is 2.69 bits per heavy atom. The van der Waals surface area contributed by atoms with Crippen molar-refractivity contribution in [1.82, 2.24) is 29.3 Å². The lowest BCUT2D eigenvalue weighted by molar-refractivity contribution is 0.177. The fraction of sp³-hybridized carbons (Fsp3) is 0.688. The largest absolute Gasteiger partial charge is 0.377 e. The van der Waals surface area contributed by atoms with Gasteiger partial charge in [0.2, 0.25) is 10.0 Å². The van der Waals surface area contributed by atoms with Gasteiger partial charge in [0.1, 0.15) is 17.3 Å². The summed E-state index contributed by atoms with van der Waals surface area (Å²) in [4.78, 5) is 4.77. The van der Waals surface area contributed by atoms with E-state index in [1.807, 2.05) is 13.8 Å². The minimum absolute atomic E-state index is 0.304. The van der Waals surface area contributed by atoms with E-state index in [0.717, 1.165) is 13.0 Å². The molecule has 1 aliphatic rings. The first-order valence-electron chi connectivity index (χ1n) is 8.90. The smallest absolute Gasteiger partial charge is 0.244 e. The highest BCUT2D eigenvalue weighted by Gasteiger charge is 2.32. The van der Waals surface area contributed by atoms with Crippen molar-refractivity contribution in [3.8, 4) is 0 Å². The van der Waals surface area contributed by atoms with Crippen LogP contribution in [0.3, 0.4) is 0 Å². The van der Waals surface area contributed by atoms with Crippen LogP contribution in [0.5, 0.6) is 0 Å². The van der Waals surface area contributed by atoms with E-state index in [4.69, 9.17) is 4.74 Å². The number of aromatic nitrogens is 5. The average molecular weight is 382 g/mol. The molecule has 0 bridgehead atoms. The molecule has 0 aromatic carbocycles. The average Bonchev–Trinajstić information content (AvgIpc) is 3.15. The van der Waals surface area contributed by atoms with Crippen LogP contribution in [0.2, 0.25) is 0 Å². The van der Waals surface area contributed by atoms with Crippen molar-refractivity contribution >= 4 is 10.0 Å². The minimum atomic E-state index is -3.72. The summed E-state index contributed by atoms with van der Waals surface area (Å²) in [6, 6.07) is -0.401. The third-order valence-electron chi connectivity index (χ3n) is 4.61. The van der Waals surface area contributed by atoms with Gasteiger partial charge in [-0.3, -0.25) is 4.68 Å². The fourth-order valence-corrected chi connectivity index (χ4v) is 5.28. The second-order valence-corrected chi connectivity index (χ2v) is 8.06. The van der Waals surface area contributed by atoms with Crippen molar-refractivity contribution in [2.45, 2.75) is 63.6 Å². The molecule has 26 heavy (non-hydrogen) atoms. The Morgan fingerprint density at radius 1 is 1.27 bits per heavy atom. The van der Waals surface area contributed by atoms with Crippen LogP contribution in [-0.4, -0.2) is 40.1 Å². The number of fused-ring (bicyclic) bond motifs is 1. The van der Waals surface area contributed by atoms with E-state index in [2.05, 4.69) is 19.9 Å². The lowest BCUT2D eigenvalue weighted by Crippen LogP contribution is -2.34. The molecule has 0 spiro atoms. The van der Waals surface area contributed by atoms with E-state index < -0.39 is 16.1 Å². The number of hydrogen-bond acceptors (Lipinski definition) is 6. The molecule has 0 saturated heterocycles. The van der Waals surface area contributed by atoms with Gasteiger partial charge in [-0.25, -0.2) is 22.8 Å². The topological polar surface area (TPSA) is 104 Å². The Balaban J connectivity index is 1.95. The summed E-state index contributed by atoms with van der Waals surface area (Å²) in [6.07, 6.45) is 2.68. The van der Waals surface area contributed by atoms with Gasteiger partial charge in [0, 0.05) is 20.7 Å². The molecule has 0 amide bonds. The second kappa shape index (κ2) is 7.45. The SMILES string of the molecule is CCc1nn(C)c(CC)c1S(=O)(=O)N[C@@H]1CCCn2nc(COC)nc21. The summed E-state index contributed by atoms with van der Waals surface area (Å²) in [7, 11) is -0.349. The Labute approximate surface area is 153 Å². The van der Waals surface area contributed by atoms with Gasteiger partial charge < -0.3 is 4.74 Å². The lowest BCUT2D eigenvalue weighted by Gasteiger charge is -2.23. The van der Waals surface area contributed by atoms with Crippen LogP contribution in [0, 0.1) is 0 Å². The summed E-state index contributed by atoms with van der Waals surface area (Å²) in [5.74, 6) is 1.21. The molecule has 2 aromatic rings. The van der Waals surface area contributed by atoms with Gasteiger partial charge in [0.05, 0.1) is 17.4 Å². The number of hydrogen-bond donors (Lipinski definition) is 1. The molecule has 2 aromatic heterocycles. The van der Waals surface area contributed by atoms with Crippen LogP contribution in [-0.2, 0) is 47.8 Å². The van der Waals surface area contributed by atoms with E-state index in [0.29, 0.717) is 53.8 Å². The molecule has 10 heteroatoms. The molecule has 144 valence electrons. The number of nitrogens with zero attached hydrogens (tertiary/aromatic N) is 5. The Bertz CT molecular complexity index is 886. The highest BCUT2D eigenvalue weighted by molar-refractivity contribution is 7.89. The molecule has 9 nitrogen and oxygen atoms in total. The Hall–Kier alpha value is -1.78. The van der Waals surface area contributed by atoms with Crippen LogP contribution < -0.4 is 4.72 Å². The van der Waals surface area contributed by atoms with E-state index in [-0.39, 0.29) is 0 Å². The zero-order chi connectivity index (χ0) is 18.9. The number of rotatable bonds is 7. The fourth-order valence-electron chi connectivity index (χ4n) is 3.48. The van der Waals surface area contributed by atoms with Gasteiger partial charge in [0.25, 0.3) is 0 Å². The normalized spacial score (nSPS) is 17.5. The molecule has 1 aliphatic heterocycles. The molecular weight excluding hydrogens is 356 g/mol. The predicted octanol–water partition coefficient (Wildman–Crippen LogP) is 1.10. The number of aryl methyl sites for hydroxylation is 3. The van der Waals surface area contributed by atoms with E-state index in [1.54, 1.807) is 23.5 Å². The first-order chi connectivity index (χ1) is 12.4. The number of ether oxygens (including phenoxy) is 1. The molecule has 0 saturated carbocycles. The minimum Gasteiger partial charge on any atom is -0.377 e. The van der Waals surface area contributed by atoms with E-state index in [9.17, 15) is 8.42 Å². The van der Waals surface area contributed by atoms with Crippen LogP contribution in [0.25, 0.3) is 0 Å². The third-order valence-corrected chi connectivity index (χ3v) is 6.22. The zero-order valence-electron chi connectivity index (χ0n) is 15.7. The molecule has 0 aliphatic carbocycles. The molecule has 3 heterocycles. The van der Waals surface area contributed by atoms with Crippen molar-refractivity contribution in [2.24, 2.45) is 7.05 Å². The molecule has 1 N–H and O–H groups in total. The summed E-state index contributed by atoms with van der Waals surface area (Å²) in [5, 5.41) is 8.77. The van der Waals surface area contributed by atoms with Crippen LogP contribution in [0.4, 0.5) is 0 Å².